The Balaban J connectivity index is 1.70. The Morgan fingerprint density at radius 3 is 2.48 bits per heavy atom. The number of pyridine rings is 1. The average Bonchev–Trinajstić information content (AvgIpc) is 2.75. The first kappa shape index (κ1) is 20.6. The highest BCUT2D eigenvalue weighted by atomic mass is 16.1. The molecule has 1 amide bonds. The van der Waals surface area contributed by atoms with Crippen molar-refractivity contribution in [1.82, 2.24) is 15.2 Å². The Morgan fingerprint density at radius 1 is 1.07 bits per heavy atom. The standard InChI is InChI=1S/C24H27N3O2/c1-3-27(4-2)22(18-10-6-5-7-11-18)17-25-23(28)15-14-20-16-19-12-8-9-13-21(19)26-24(20)29/h5-16,22H,3-4,17H2,1-2H3,(H,25,28)(H,26,29)/b15-14+. The first-order chi connectivity index (χ1) is 14.1. The van der Waals surface area contributed by atoms with E-state index >= 15 is 0 Å². The second-order valence-electron chi connectivity index (χ2n) is 6.87. The van der Waals surface area contributed by atoms with Crippen LogP contribution >= 0.6 is 0 Å². The molecule has 0 aliphatic rings. The number of rotatable bonds is 8. The minimum Gasteiger partial charge on any atom is -0.351 e. The van der Waals surface area contributed by atoms with Crippen LogP contribution < -0.4 is 10.9 Å². The molecule has 1 aromatic heterocycles. The molecule has 0 bridgehead atoms. The largest absolute Gasteiger partial charge is 0.351 e. The third kappa shape index (κ3) is 5.21. The van der Waals surface area contributed by atoms with Crippen LogP contribution in [0.15, 0.2) is 71.5 Å². The lowest BCUT2D eigenvalue weighted by atomic mass is 10.1. The van der Waals surface area contributed by atoms with Gasteiger partial charge in [-0.1, -0.05) is 62.4 Å². The molecule has 0 radical (unpaired) electrons. The van der Waals surface area contributed by atoms with Crippen molar-refractivity contribution in [3.8, 4) is 0 Å². The molecular formula is C24H27N3O2. The van der Waals surface area contributed by atoms with Gasteiger partial charge in [0.1, 0.15) is 0 Å². The van der Waals surface area contributed by atoms with Gasteiger partial charge in [0.2, 0.25) is 5.91 Å². The van der Waals surface area contributed by atoms with E-state index in [0.29, 0.717) is 12.1 Å². The van der Waals surface area contributed by atoms with E-state index in [1.165, 1.54) is 11.6 Å². The topological polar surface area (TPSA) is 65.2 Å². The molecule has 0 fully saturated rings. The van der Waals surface area contributed by atoms with E-state index in [1.54, 1.807) is 12.1 Å². The number of aromatic amines is 1. The monoisotopic (exact) mass is 389 g/mol. The highest BCUT2D eigenvalue weighted by molar-refractivity contribution is 5.92. The fourth-order valence-electron chi connectivity index (χ4n) is 3.51. The minimum atomic E-state index is -0.217. The molecule has 1 unspecified atom stereocenters. The fourth-order valence-corrected chi connectivity index (χ4v) is 3.51. The maximum absolute atomic E-state index is 12.4. The number of carbonyl (C=O) groups excluding carboxylic acids is 1. The zero-order chi connectivity index (χ0) is 20.6. The smallest absolute Gasteiger partial charge is 0.255 e. The van der Waals surface area contributed by atoms with E-state index in [0.717, 1.165) is 24.0 Å². The third-order valence-electron chi connectivity index (χ3n) is 5.10. The Hall–Kier alpha value is -3.18. The summed E-state index contributed by atoms with van der Waals surface area (Å²) in [6, 6.07) is 19.7. The predicted octanol–water partition coefficient (Wildman–Crippen LogP) is 3.74. The van der Waals surface area contributed by atoms with Crippen molar-refractivity contribution >= 4 is 22.9 Å². The van der Waals surface area contributed by atoms with E-state index < -0.39 is 0 Å². The molecule has 0 saturated heterocycles. The number of H-pyrrole nitrogens is 1. The van der Waals surface area contributed by atoms with Gasteiger partial charge in [0, 0.05) is 23.7 Å². The number of carbonyl (C=O) groups is 1. The van der Waals surface area contributed by atoms with Gasteiger partial charge in [-0.15, -0.1) is 0 Å². The van der Waals surface area contributed by atoms with Crippen LogP contribution in [0.25, 0.3) is 17.0 Å². The molecule has 29 heavy (non-hydrogen) atoms. The van der Waals surface area contributed by atoms with Crippen molar-refractivity contribution in [2.45, 2.75) is 19.9 Å². The van der Waals surface area contributed by atoms with E-state index in [1.807, 2.05) is 42.5 Å². The lowest BCUT2D eigenvalue weighted by molar-refractivity contribution is -0.116. The first-order valence-corrected chi connectivity index (χ1v) is 9.99. The number of amides is 1. The number of para-hydroxylation sites is 1. The van der Waals surface area contributed by atoms with Gasteiger partial charge < -0.3 is 10.3 Å². The number of likely N-dealkylation sites (N-methyl/N-ethyl adjacent to an activating group) is 1. The average molecular weight is 389 g/mol. The molecule has 5 heteroatoms. The van der Waals surface area contributed by atoms with Crippen molar-refractivity contribution in [2.24, 2.45) is 0 Å². The summed E-state index contributed by atoms with van der Waals surface area (Å²) < 4.78 is 0. The van der Waals surface area contributed by atoms with Crippen LogP contribution in [0.1, 0.15) is 31.0 Å². The molecule has 2 N–H and O–H groups in total. The Labute approximate surface area is 171 Å². The summed E-state index contributed by atoms with van der Waals surface area (Å²) >= 11 is 0. The van der Waals surface area contributed by atoms with Crippen LogP contribution in [0.5, 0.6) is 0 Å². The quantitative estimate of drug-likeness (QED) is 0.577. The van der Waals surface area contributed by atoms with Gasteiger partial charge in [0.15, 0.2) is 0 Å². The van der Waals surface area contributed by atoms with Crippen LogP contribution in [-0.4, -0.2) is 35.4 Å². The second kappa shape index (κ2) is 9.85. The van der Waals surface area contributed by atoms with Gasteiger partial charge in [-0.05, 0) is 42.2 Å². The SMILES string of the molecule is CCN(CC)C(CNC(=O)/C=C/c1cc2ccccc2[nH]c1=O)c1ccccc1. The molecule has 0 aliphatic carbocycles. The van der Waals surface area contributed by atoms with Gasteiger partial charge in [0.05, 0.1) is 6.04 Å². The molecule has 0 saturated carbocycles. The van der Waals surface area contributed by atoms with Crippen LogP contribution in [0, 0.1) is 0 Å². The summed E-state index contributed by atoms with van der Waals surface area (Å²) in [6.07, 6.45) is 2.99. The molecule has 1 atom stereocenters. The molecule has 150 valence electrons. The van der Waals surface area contributed by atoms with Crippen molar-refractivity contribution in [1.29, 1.82) is 0 Å². The number of hydrogen-bond donors (Lipinski definition) is 2. The number of nitrogens with zero attached hydrogens (tertiary/aromatic N) is 1. The molecular weight excluding hydrogens is 362 g/mol. The number of aromatic nitrogens is 1. The van der Waals surface area contributed by atoms with Gasteiger partial charge in [0.25, 0.3) is 5.56 Å². The van der Waals surface area contributed by atoms with Crippen molar-refractivity contribution in [2.75, 3.05) is 19.6 Å². The van der Waals surface area contributed by atoms with Crippen LogP contribution in [-0.2, 0) is 4.79 Å². The van der Waals surface area contributed by atoms with Crippen LogP contribution in [0.2, 0.25) is 0 Å². The summed E-state index contributed by atoms with van der Waals surface area (Å²) in [7, 11) is 0. The molecule has 3 rings (SSSR count). The third-order valence-corrected chi connectivity index (χ3v) is 5.10. The summed E-state index contributed by atoms with van der Waals surface area (Å²) in [6.45, 7) is 6.53. The number of benzene rings is 2. The maximum atomic E-state index is 12.4. The molecule has 1 heterocycles. The molecule has 5 nitrogen and oxygen atoms in total. The maximum Gasteiger partial charge on any atom is 0.255 e. The normalized spacial score (nSPS) is 12.5. The fraction of sp³-hybridized carbons (Fsp3) is 0.250. The Morgan fingerprint density at radius 2 is 1.76 bits per heavy atom. The lowest BCUT2D eigenvalue weighted by Gasteiger charge is -2.30. The van der Waals surface area contributed by atoms with Crippen LogP contribution in [0.3, 0.4) is 0 Å². The van der Waals surface area contributed by atoms with Gasteiger partial charge in [-0.2, -0.15) is 0 Å². The van der Waals surface area contributed by atoms with Gasteiger partial charge >= 0.3 is 0 Å². The van der Waals surface area contributed by atoms with Crippen molar-refractivity contribution in [3.05, 3.63) is 88.2 Å². The van der Waals surface area contributed by atoms with E-state index in [4.69, 9.17) is 0 Å². The Kier molecular flexibility index (Phi) is 6.98. The summed E-state index contributed by atoms with van der Waals surface area (Å²) in [5.41, 5.74) is 2.20. The predicted molar refractivity (Wildman–Crippen MR) is 119 cm³/mol. The van der Waals surface area contributed by atoms with E-state index in [9.17, 15) is 9.59 Å². The lowest BCUT2D eigenvalue weighted by Crippen LogP contribution is -2.37. The molecule has 2 aromatic carbocycles. The highest BCUT2D eigenvalue weighted by Gasteiger charge is 2.18. The van der Waals surface area contributed by atoms with E-state index in [2.05, 4.69) is 41.2 Å². The van der Waals surface area contributed by atoms with Crippen LogP contribution in [0.4, 0.5) is 0 Å². The second-order valence-corrected chi connectivity index (χ2v) is 6.87. The van der Waals surface area contributed by atoms with Gasteiger partial charge in [-0.3, -0.25) is 14.5 Å². The molecule has 0 aliphatic heterocycles. The number of nitrogens with one attached hydrogen (secondary N) is 2. The first-order valence-electron chi connectivity index (χ1n) is 9.99. The zero-order valence-corrected chi connectivity index (χ0v) is 16.9. The number of hydrogen-bond acceptors (Lipinski definition) is 3. The summed E-state index contributed by atoms with van der Waals surface area (Å²) in [5, 5.41) is 3.91. The number of fused-ring (bicyclic) bond motifs is 1. The summed E-state index contributed by atoms with van der Waals surface area (Å²) in [5.74, 6) is -0.217. The molecule has 3 aromatic rings. The zero-order valence-electron chi connectivity index (χ0n) is 16.9. The van der Waals surface area contributed by atoms with Gasteiger partial charge in [-0.25, -0.2) is 0 Å². The van der Waals surface area contributed by atoms with Crippen molar-refractivity contribution in [3.63, 3.8) is 0 Å². The minimum absolute atomic E-state index is 0.104. The molecule has 0 spiro atoms. The summed E-state index contributed by atoms with van der Waals surface area (Å²) in [4.78, 5) is 29.8. The van der Waals surface area contributed by atoms with E-state index in [-0.39, 0.29) is 17.5 Å². The highest BCUT2D eigenvalue weighted by Crippen LogP contribution is 2.19. The van der Waals surface area contributed by atoms with Crippen molar-refractivity contribution < 1.29 is 4.79 Å². The Bertz CT molecular complexity index is 1040.